The Morgan fingerprint density at radius 3 is 2.23 bits per heavy atom. The van der Waals surface area contributed by atoms with Crippen molar-refractivity contribution in [1.29, 1.82) is 0 Å². The van der Waals surface area contributed by atoms with Crippen LogP contribution < -0.4 is 15.2 Å². The van der Waals surface area contributed by atoms with Gasteiger partial charge >= 0.3 is 0 Å². The maximum atomic E-state index is 13.2. The first-order valence-electron chi connectivity index (χ1n) is 13.7. The molecule has 0 spiro atoms. The summed E-state index contributed by atoms with van der Waals surface area (Å²) in [5, 5.41) is 11.0. The highest BCUT2D eigenvalue weighted by Crippen LogP contribution is 2.31. The summed E-state index contributed by atoms with van der Waals surface area (Å²) in [6.45, 7) is 9.02. The van der Waals surface area contributed by atoms with Gasteiger partial charge in [0.1, 0.15) is 0 Å². The van der Waals surface area contributed by atoms with Crippen LogP contribution in [0.2, 0.25) is 0 Å². The topological polar surface area (TPSA) is 111 Å². The zero-order valence-electron chi connectivity index (χ0n) is 24.4. The maximum Gasteiger partial charge on any atom is 0.218 e. The zero-order chi connectivity index (χ0) is 29.0. The Kier molecular flexibility index (Phi) is 13.7. The van der Waals surface area contributed by atoms with E-state index in [1.807, 2.05) is 50.2 Å². The molecule has 0 radical (unpaired) electrons. The van der Waals surface area contributed by atoms with E-state index >= 15 is 0 Å². The molecule has 9 heteroatoms. The fourth-order valence-electron chi connectivity index (χ4n) is 4.58. The van der Waals surface area contributed by atoms with Gasteiger partial charge in [0.15, 0.2) is 11.5 Å². The Morgan fingerprint density at radius 1 is 0.949 bits per heavy atom. The van der Waals surface area contributed by atoms with E-state index in [0.29, 0.717) is 42.6 Å². The molecule has 220 valence electrons. The van der Waals surface area contributed by atoms with Gasteiger partial charge in [0.2, 0.25) is 10.0 Å². The summed E-state index contributed by atoms with van der Waals surface area (Å²) in [6, 6.07) is 14.1. The lowest BCUT2D eigenvalue weighted by Gasteiger charge is -2.32. The van der Waals surface area contributed by atoms with Gasteiger partial charge in [0.05, 0.1) is 25.6 Å². The van der Waals surface area contributed by atoms with Crippen molar-refractivity contribution >= 4 is 10.0 Å². The van der Waals surface area contributed by atoms with E-state index in [2.05, 4.69) is 13.8 Å². The zero-order valence-corrected chi connectivity index (χ0v) is 25.2. The van der Waals surface area contributed by atoms with Crippen LogP contribution in [0.5, 0.6) is 11.5 Å². The van der Waals surface area contributed by atoms with Crippen LogP contribution in [0.3, 0.4) is 0 Å². The number of aliphatic hydroxyl groups is 1. The lowest BCUT2D eigenvalue weighted by Crippen LogP contribution is -2.49. The Hall–Kier alpha value is -2.17. The molecule has 0 aliphatic carbocycles. The van der Waals surface area contributed by atoms with E-state index in [1.165, 1.54) is 4.31 Å². The number of ether oxygens (including phenoxy) is 3. The second-order valence-electron chi connectivity index (χ2n) is 10.8. The summed E-state index contributed by atoms with van der Waals surface area (Å²) < 4.78 is 44.3. The molecule has 0 unspecified atom stereocenters. The number of hydrogen-bond donors (Lipinski definition) is 2. The van der Waals surface area contributed by atoms with Crippen LogP contribution in [-0.2, 0) is 26.9 Å². The number of nitrogens with two attached hydrogens (primary N) is 1. The lowest BCUT2D eigenvalue weighted by molar-refractivity contribution is 0.0980. The van der Waals surface area contributed by atoms with Gasteiger partial charge in [-0.3, -0.25) is 0 Å². The maximum absolute atomic E-state index is 13.2. The Morgan fingerprint density at radius 2 is 1.64 bits per heavy atom. The predicted molar refractivity (Wildman–Crippen MR) is 157 cm³/mol. The molecular formula is C30H48N2O6S. The van der Waals surface area contributed by atoms with Crippen molar-refractivity contribution in [2.45, 2.75) is 70.9 Å². The summed E-state index contributed by atoms with van der Waals surface area (Å²) in [4.78, 5) is 0. The molecule has 3 N–H and O–H groups in total. The SMILES string of the molecule is COCCCOc1cc(C[C@@H](C[C@H](N)[C@@H](O)CN(C(C)C)S(=O)(=O)Cc2ccccc2)C(C)C)ccc1OC. The molecule has 3 atom stereocenters. The van der Waals surface area contributed by atoms with Crippen molar-refractivity contribution in [2.24, 2.45) is 17.6 Å². The third-order valence-corrected chi connectivity index (χ3v) is 8.96. The highest BCUT2D eigenvalue weighted by atomic mass is 32.2. The van der Waals surface area contributed by atoms with Crippen molar-refractivity contribution in [3.05, 3.63) is 59.7 Å². The van der Waals surface area contributed by atoms with E-state index in [-0.39, 0.29) is 24.3 Å². The van der Waals surface area contributed by atoms with Gasteiger partial charge in [-0.25, -0.2) is 8.42 Å². The molecule has 0 heterocycles. The van der Waals surface area contributed by atoms with Gasteiger partial charge < -0.3 is 25.1 Å². The second kappa shape index (κ2) is 16.2. The van der Waals surface area contributed by atoms with E-state index in [0.717, 1.165) is 18.4 Å². The largest absolute Gasteiger partial charge is 0.493 e. The van der Waals surface area contributed by atoms with Crippen LogP contribution in [0.15, 0.2) is 48.5 Å². The summed E-state index contributed by atoms with van der Waals surface area (Å²) in [5.74, 6) is 1.73. The summed E-state index contributed by atoms with van der Waals surface area (Å²) >= 11 is 0. The molecule has 0 saturated carbocycles. The average Bonchev–Trinajstić information content (AvgIpc) is 2.89. The molecule has 0 bridgehead atoms. The van der Waals surface area contributed by atoms with Crippen LogP contribution in [0.4, 0.5) is 0 Å². The van der Waals surface area contributed by atoms with Crippen LogP contribution in [0.25, 0.3) is 0 Å². The smallest absolute Gasteiger partial charge is 0.218 e. The Balaban J connectivity index is 2.09. The lowest BCUT2D eigenvalue weighted by atomic mass is 9.83. The number of rotatable bonds is 18. The number of nitrogens with zero attached hydrogens (tertiary/aromatic N) is 1. The fraction of sp³-hybridized carbons (Fsp3) is 0.600. The summed E-state index contributed by atoms with van der Waals surface area (Å²) in [5.41, 5.74) is 8.30. The molecule has 2 aromatic carbocycles. The van der Waals surface area contributed by atoms with Crippen molar-refractivity contribution in [3.63, 3.8) is 0 Å². The number of aliphatic hydroxyl groups excluding tert-OH is 1. The first-order chi connectivity index (χ1) is 18.5. The second-order valence-corrected chi connectivity index (χ2v) is 12.7. The molecular weight excluding hydrogens is 516 g/mol. The number of sulfonamides is 1. The van der Waals surface area contributed by atoms with Gasteiger partial charge in [-0.15, -0.1) is 0 Å². The monoisotopic (exact) mass is 564 g/mol. The van der Waals surface area contributed by atoms with Crippen LogP contribution in [0, 0.1) is 11.8 Å². The first kappa shape index (κ1) is 33.0. The standard InChI is InChI=1S/C30H48N2O6S/c1-22(2)26(17-25-13-14-29(37-6)30(18-25)38-16-10-15-36-5)19-27(31)28(33)20-32(23(3)4)39(34,35)21-24-11-8-7-9-12-24/h7-9,11-14,18,22-23,26-28,33H,10,15-17,19-21,31H2,1-6H3/t26-,27-,28-/m0/s1. The normalized spacial score (nSPS) is 14.5. The van der Waals surface area contributed by atoms with E-state index in [9.17, 15) is 13.5 Å². The van der Waals surface area contributed by atoms with Crippen LogP contribution in [-0.4, -0.2) is 70.0 Å². The number of hydrogen-bond acceptors (Lipinski definition) is 7. The minimum atomic E-state index is -3.64. The van der Waals surface area contributed by atoms with Gasteiger partial charge in [-0.1, -0.05) is 50.2 Å². The highest BCUT2D eigenvalue weighted by molar-refractivity contribution is 7.88. The molecule has 0 fully saturated rings. The third-order valence-electron chi connectivity index (χ3n) is 6.98. The Labute approximate surface area is 235 Å². The van der Waals surface area contributed by atoms with Gasteiger partial charge in [0, 0.05) is 38.8 Å². The molecule has 0 aromatic heterocycles. The summed E-state index contributed by atoms with van der Waals surface area (Å²) in [6.07, 6.45) is 1.09. The van der Waals surface area contributed by atoms with Gasteiger partial charge in [-0.2, -0.15) is 4.31 Å². The van der Waals surface area contributed by atoms with Crippen molar-refractivity contribution in [3.8, 4) is 11.5 Å². The van der Waals surface area contributed by atoms with Crippen LogP contribution in [0.1, 0.15) is 51.7 Å². The van der Waals surface area contributed by atoms with E-state index < -0.39 is 22.2 Å². The minimum Gasteiger partial charge on any atom is -0.493 e. The molecule has 8 nitrogen and oxygen atoms in total. The third kappa shape index (κ3) is 10.7. The average molecular weight is 565 g/mol. The van der Waals surface area contributed by atoms with Gasteiger partial charge in [-0.05, 0) is 61.8 Å². The first-order valence-corrected chi connectivity index (χ1v) is 15.3. The molecule has 39 heavy (non-hydrogen) atoms. The Bertz CT molecular complexity index is 1080. The van der Waals surface area contributed by atoms with E-state index in [4.69, 9.17) is 19.9 Å². The van der Waals surface area contributed by atoms with Gasteiger partial charge in [0.25, 0.3) is 0 Å². The molecule has 2 aromatic rings. The number of benzene rings is 2. The highest BCUT2D eigenvalue weighted by Gasteiger charge is 2.31. The van der Waals surface area contributed by atoms with Crippen molar-refractivity contribution < 1.29 is 27.7 Å². The molecule has 0 aliphatic rings. The molecule has 0 saturated heterocycles. The molecule has 0 amide bonds. The molecule has 0 aliphatic heterocycles. The van der Waals surface area contributed by atoms with Crippen LogP contribution >= 0.6 is 0 Å². The predicted octanol–water partition coefficient (Wildman–Crippen LogP) is 4.24. The number of methoxy groups -OCH3 is 2. The fourth-order valence-corrected chi connectivity index (χ4v) is 6.38. The van der Waals surface area contributed by atoms with E-state index in [1.54, 1.807) is 26.4 Å². The summed E-state index contributed by atoms with van der Waals surface area (Å²) in [7, 11) is -0.350. The van der Waals surface area contributed by atoms with Crippen molar-refractivity contribution in [2.75, 3.05) is 34.0 Å². The van der Waals surface area contributed by atoms with Crippen molar-refractivity contribution in [1.82, 2.24) is 4.31 Å². The molecule has 2 rings (SSSR count). The minimum absolute atomic E-state index is 0.0409. The quantitative estimate of drug-likeness (QED) is 0.261.